The number of aromatic nitrogens is 1. The van der Waals surface area contributed by atoms with Gasteiger partial charge in [0.1, 0.15) is 0 Å². The SMILES string of the molecule is CCCCNCc1cccn(CCC(C)C)c1=O. The Morgan fingerprint density at radius 1 is 1.39 bits per heavy atom. The lowest BCUT2D eigenvalue weighted by Crippen LogP contribution is -2.27. The molecule has 3 heteroatoms. The van der Waals surface area contributed by atoms with Crippen molar-refractivity contribution in [3.8, 4) is 0 Å². The van der Waals surface area contributed by atoms with Crippen LogP contribution >= 0.6 is 0 Å². The number of aryl methyl sites for hydroxylation is 1. The summed E-state index contributed by atoms with van der Waals surface area (Å²) in [6, 6.07) is 3.89. The highest BCUT2D eigenvalue weighted by atomic mass is 16.1. The predicted molar refractivity (Wildman–Crippen MR) is 76.8 cm³/mol. The molecular formula is C15H26N2O. The standard InChI is InChI=1S/C15H26N2O/c1-4-5-9-16-12-14-7-6-10-17(15(14)18)11-8-13(2)3/h6-7,10,13,16H,4-5,8-9,11-12H2,1-3H3. The van der Waals surface area contributed by atoms with E-state index >= 15 is 0 Å². The first-order valence-electron chi connectivity index (χ1n) is 7.04. The lowest BCUT2D eigenvalue weighted by molar-refractivity contribution is 0.504. The fourth-order valence-corrected chi connectivity index (χ4v) is 1.82. The fraction of sp³-hybridized carbons (Fsp3) is 0.667. The molecule has 1 N–H and O–H groups in total. The van der Waals surface area contributed by atoms with Crippen LogP contribution in [0.4, 0.5) is 0 Å². The summed E-state index contributed by atoms with van der Waals surface area (Å²) < 4.78 is 1.83. The maximum atomic E-state index is 12.2. The fourth-order valence-electron chi connectivity index (χ4n) is 1.82. The van der Waals surface area contributed by atoms with Crippen molar-refractivity contribution in [1.82, 2.24) is 9.88 Å². The summed E-state index contributed by atoms with van der Waals surface area (Å²) in [5.74, 6) is 0.628. The van der Waals surface area contributed by atoms with E-state index in [0.717, 1.165) is 31.5 Å². The summed E-state index contributed by atoms with van der Waals surface area (Å²) in [6.07, 6.45) is 5.28. The third-order valence-electron chi connectivity index (χ3n) is 3.07. The molecule has 0 atom stereocenters. The van der Waals surface area contributed by atoms with E-state index in [9.17, 15) is 4.79 Å². The second-order valence-electron chi connectivity index (χ2n) is 5.24. The van der Waals surface area contributed by atoms with Crippen LogP contribution in [-0.4, -0.2) is 11.1 Å². The number of hydrogen-bond donors (Lipinski definition) is 1. The molecule has 0 aliphatic heterocycles. The van der Waals surface area contributed by atoms with E-state index in [4.69, 9.17) is 0 Å². The summed E-state index contributed by atoms with van der Waals surface area (Å²) in [5, 5.41) is 3.32. The van der Waals surface area contributed by atoms with Gasteiger partial charge in [-0.2, -0.15) is 0 Å². The van der Waals surface area contributed by atoms with Crippen molar-refractivity contribution in [1.29, 1.82) is 0 Å². The quantitative estimate of drug-likeness (QED) is 0.720. The first kappa shape index (κ1) is 15.0. The number of hydrogen-bond acceptors (Lipinski definition) is 2. The minimum atomic E-state index is 0.155. The van der Waals surface area contributed by atoms with Crippen LogP contribution in [0, 0.1) is 5.92 Å². The molecule has 1 heterocycles. The molecule has 0 spiro atoms. The molecular weight excluding hydrogens is 224 g/mol. The maximum absolute atomic E-state index is 12.2. The molecule has 0 saturated carbocycles. The Kier molecular flexibility index (Phi) is 6.73. The molecule has 3 nitrogen and oxygen atoms in total. The molecule has 1 aromatic rings. The molecule has 102 valence electrons. The van der Waals surface area contributed by atoms with Crippen LogP contribution in [0.15, 0.2) is 23.1 Å². The molecule has 1 aromatic heterocycles. The van der Waals surface area contributed by atoms with Gasteiger partial charge in [-0.3, -0.25) is 4.79 Å². The van der Waals surface area contributed by atoms with Gasteiger partial charge in [0.25, 0.3) is 5.56 Å². The Bertz CT molecular complexity index is 396. The number of nitrogens with zero attached hydrogens (tertiary/aromatic N) is 1. The smallest absolute Gasteiger partial charge is 0.255 e. The molecule has 0 unspecified atom stereocenters. The lowest BCUT2D eigenvalue weighted by atomic mass is 10.1. The van der Waals surface area contributed by atoms with Gasteiger partial charge in [-0.1, -0.05) is 33.3 Å². The molecule has 0 radical (unpaired) electrons. The Morgan fingerprint density at radius 3 is 2.83 bits per heavy atom. The van der Waals surface area contributed by atoms with E-state index < -0.39 is 0 Å². The molecule has 0 aliphatic rings. The molecule has 1 rings (SSSR count). The predicted octanol–water partition coefficient (Wildman–Crippen LogP) is 2.78. The third kappa shape index (κ3) is 5.05. The van der Waals surface area contributed by atoms with Crippen LogP contribution in [-0.2, 0) is 13.1 Å². The molecule has 0 fully saturated rings. The van der Waals surface area contributed by atoms with E-state index in [1.165, 1.54) is 6.42 Å². The van der Waals surface area contributed by atoms with Crippen LogP contribution in [0.25, 0.3) is 0 Å². The second kappa shape index (κ2) is 8.09. The average molecular weight is 250 g/mol. The minimum Gasteiger partial charge on any atom is -0.315 e. The van der Waals surface area contributed by atoms with Crippen molar-refractivity contribution in [2.24, 2.45) is 5.92 Å². The second-order valence-corrected chi connectivity index (χ2v) is 5.24. The van der Waals surface area contributed by atoms with Gasteiger partial charge in [0.2, 0.25) is 0 Å². The van der Waals surface area contributed by atoms with Crippen LogP contribution in [0.1, 0.15) is 45.6 Å². The molecule has 18 heavy (non-hydrogen) atoms. The molecule has 0 bridgehead atoms. The number of unbranched alkanes of at least 4 members (excludes halogenated alkanes) is 1. The highest BCUT2D eigenvalue weighted by Gasteiger charge is 2.03. The van der Waals surface area contributed by atoms with Crippen molar-refractivity contribution in [3.63, 3.8) is 0 Å². The van der Waals surface area contributed by atoms with Gasteiger partial charge in [-0.15, -0.1) is 0 Å². The van der Waals surface area contributed by atoms with Gasteiger partial charge in [0.05, 0.1) is 0 Å². The Labute approximate surface area is 110 Å². The van der Waals surface area contributed by atoms with E-state index in [-0.39, 0.29) is 5.56 Å². The van der Waals surface area contributed by atoms with Gasteiger partial charge in [0, 0.05) is 24.8 Å². The number of rotatable bonds is 8. The molecule has 0 saturated heterocycles. The summed E-state index contributed by atoms with van der Waals surface area (Å²) in [4.78, 5) is 12.2. The maximum Gasteiger partial charge on any atom is 0.255 e. The zero-order valence-corrected chi connectivity index (χ0v) is 11.9. The summed E-state index contributed by atoms with van der Waals surface area (Å²) in [6.45, 7) is 9.02. The van der Waals surface area contributed by atoms with Crippen LogP contribution < -0.4 is 10.9 Å². The Hall–Kier alpha value is -1.09. The summed E-state index contributed by atoms with van der Waals surface area (Å²) in [7, 11) is 0. The third-order valence-corrected chi connectivity index (χ3v) is 3.07. The van der Waals surface area contributed by atoms with Gasteiger partial charge in [-0.05, 0) is 31.4 Å². The zero-order valence-electron chi connectivity index (χ0n) is 11.9. The number of pyridine rings is 1. The Morgan fingerprint density at radius 2 is 2.17 bits per heavy atom. The number of nitrogens with one attached hydrogen (secondary N) is 1. The molecule has 0 aromatic carbocycles. The monoisotopic (exact) mass is 250 g/mol. The van der Waals surface area contributed by atoms with Crippen LogP contribution in [0.2, 0.25) is 0 Å². The van der Waals surface area contributed by atoms with Crippen LogP contribution in [0.5, 0.6) is 0 Å². The largest absolute Gasteiger partial charge is 0.315 e. The van der Waals surface area contributed by atoms with Gasteiger partial charge >= 0.3 is 0 Å². The van der Waals surface area contributed by atoms with Crippen molar-refractivity contribution in [3.05, 3.63) is 34.2 Å². The van der Waals surface area contributed by atoms with E-state index in [2.05, 4.69) is 26.1 Å². The van der Waals surface area contributed by atoms with Gasteiger partial charge < -0.3 is 9.88 Å². The first-order valence-corrected chi connectivity index (χ1v) is 7.04. The zero-order chi connectivity index (χ0) is 13.4. The average Bonchev–Trinajstić information content (AvgIpc) is 2.35. The topological polar surface area (TPSA) is 34.0 Å². The van der Waals surface area contributed by atoms with Crippen molar-refractivity contribution in [2.75, 3.05) is 6.54 Å². The lowest BCUT2D eigenvalue weighted by Gasteiger charge is -2.10. The van der Waals surface area contributed by atoms with Crippen molar-refractivity contribution in [2.45, 2.75) is 53.1 Å². The van der Waals surface area contributed by atoms with Gasteiger partial charge in [0.15, 0.2) is 0 Å². The Balaban J connectivity index is 2.58. The van der Waals surface area contributed by atoms with Crippen molar-refractivity contribution < 1.29 is 0 Å². The first-order chi connectivity index (χ1) is 8.65. The van der Waals surface area contributed by atoms with E-state index in [1.807, 2.05) is 22.9 Å². The van der Waals surface area contributed by atoms with E-state index in [1.54, 1.807) is 0 Å². The normalized spacial score (nSPS) is 11.1. The van der Waals surface area contributed by atoms with Crippen molar-refractivity contribution >= 4 is 0 Å². The molecule has 0 aliphatic carbocycles. The molecule has 0 amide bonds. The van der Waals surface area contributed by atoms with Gasteiger partial charge in [-0.25, -0.2) is 0 Å². The van der Waals surface area contributed by atoms with Crippen LogP contribution in [0.3, 0.4) is 0 Å². The highest BCUT2D eigenvalue weighted by Crippen LogP contribution is 2.01. The summed E-state index contributed by atoms with van der Waals surface area (Å²) >= 11 is 0. The summed E-state index contributed by atoms with van der Waals surface area (Å²) in [5.41, 5.74) is 1.03. The highest BCUT2D eigenvalue weighted by molar-refractivity contribution is 5.10. The van der Waals surface area contributed by atoms with E-state index in [0.29, 0.717) is 12.5 Å². The minimum absolute atomic E-state index is 0.155.